The number of nitrogens with two attached hydrogens (primary N) is 1. The van der Waals surface area contributed by atoms with Crippen LogP contribution in [0, 0.1) is 11.3 Å². The second kappa shape index (κ2) is 4.11. The first kappa shape index (κ1) is 10.7. The number of rotatable bonds is 2. The Hall–Kier alpha value is -2.41. The molecular formula is C14H12N4. The molecule has 2 heterocycles. The van der Waals surface area contributed by atoms with Crippen molar-refractivity contribution in [3.05, 3.63) is 41.7 Å². The Morgan fingerprint density at radius 2 is 2.00 bits per heavy atom. The first-order valence-corrected chi connectivity index (χ1v) is 5.91. The normalized spacial score (nSPS) is 14.2. The third-order valence-electron chi connectivity index (χ3n) is 2.99. The SMILES string of the molecule is N#Cc1cccc(-c2cc(N)cc(C3CC3)n2)n1. The van der Waals surface area contributed by atoms with Gasteiger partial charge in [-0.05, 0) is 37.1 Å². The Kier molecular flexibility index (Phi) is 2.45. The Labute approximate surface area is 105 Å². The van der Waals surface area contributed by atoms with Crippen molar-refractivity contribution in [2.24, 2.45) is 0 Å². The molecule has 4 nitrogen and oxygen atoms in total. The first-order valence-electron chi connectivity index (χ1n) is 5.91. The molecule has 0 radical (unpaired) electrons. The molecule has 88 valence electrons. The van der Waals surface area contributed by atoms with Crippen molar-refractivity contribution in [3.63, 3.8) is 0 Å². The maximum absolute atomic E-state index is 8.86. The molecule has 2 aromatic heterocycles. The maximum atomic E-state index is 8.86. The van der Waals surface area contributed by atoms with Crippen LogP contribution in [0.3, 0.4) is 0 Å². The van der Waals surface area contributed by atoms with Gasteiger partial charge < -0.3 is 5.73 Å². The van der Waals surface area contributed by atoms with Gasteiger partial charge in [0, 0.05) is 17.3 Å². The highest BCUT2D eigenvalue weighted by atomic mass is 14.8. The summed E-state index contributed by atoms with van der Waals surface area (Å²) in [5.74, 6) is 0.548. The molecule has 0 aromatic carbocycles. The highest BCUT2D eigenvalue weighted by Gasteiger charge is 2.25. The zero-order valence-corrected chi connectivity index (χ0v) is 9.80. The van der Waals surface area contributed by atoms with Gasteiger partial charge in [0.2, 0.25) is 0 Å². The third kappa shape index (κ3) is 2.03. The van der Waals surface area contributed by atoms with E-state index in [9.17, 15) is 0 Å². The van der Waals surface area contributed by atoms with Crippen molar-refractivity contribution < 1.29 is 0 Å². The zero-order valence-electron chi connectivity index (χ0n) is 9.80. The number of aromatic nitrogens is 2. The summed E-state index contributed by atoms with van der Waals surface area (Å²) >= 11 is 0. The standard InChI is InChI=1S/C14H12N4/c15-8-11-2-1-3-12(17-11)14-7-10(16)6-13(18-14)9-4-5-9/h1-3,6-7,9H,4-5H2,(H2,16,18). The van der Waals surface area contributed by atoms with Crippen LogP contribution >= 0.6 is 0 Å². The van der Waals surface area contributed by atoms with Crippen LogP contribution in [0.15, 0.2) is 30.3 Å². The Balaban J connectivity index is 2.07. The summed E-state index contributed by atoms with van der Waals surface area (Å²) in [6.07, 6.45) is 2.36. The summed E-state index contributed by atoms with van der Waals surface area (Å²) in [5, 5.41) is 8.86. The molecule has 0 unspecified atom stereocenters. The molecule has 0 bridgehead atoms. The summed E-state index contributed by atoms with van der Waals surface area (Å²) in [4.78, 5) is 8.83. The van der Waals surface area contributed by atoms with Crippen LogP contribution in [0.5, 0.6) is 0 Å². The van der Waals surface area contributed by atoms with Gasteiger partial charge in [-0.15, -0.1) is 0 Å². The molecule has 1 aliphatic carbocycles. The van der Waals surface area contributed by atoms with Crippen molar-refractivity contribution in [2.45, 2.75) is 18.8 Å². The van der Waals surface area contributed by atoms with Crippen LogP contribution in [0.2, 0.25) is 0 Å². The Morgan fingerprint density at radius 3 is 2.72 bits per heavy atom. The number of hydrogen-bond donors (Lipinski definition) is 1. The molecule has 0 saturated heterocycles. The van der Waals surface area contributed by atoms with E-state index in [1.165, 1.54) is 12.8 Å². The lowest BCUT2D eigenvalue weighted by molar-refractivity contribution is 1.02. The molecule has 4 heteroatoms. The van der Waals surface area contributed by atoms with Gasteiger partial charge in [-0.1, -0.05) is 6.07 Å². The maximum Gasteiger partial charge on any atom is 0.141 e. The fourth-order valence-corrected chi connectivity index (χ4v) is 1.93. The molecule has 0 spiro atoms. The average Bonchev–Trinajstić information content (AvgIpc) is 3.22. The number of hydrogen-bond acceptors (Lipinski definition) is 4. The summed E-state index contributed by atoms with van der Waals surface area (Å²) in [6.45, 7) is 0. The third-order valence-corrected chi connectivity index (χ3v) is 2.99. The quantitative estimate of drug-likeness (QED) is 0.869. The van der Waals surface area contributed by atoms with Crippen LogP contribution in [0.25, 0.3) is 11.4 Å². The van der Waals surface area contributed by atoms with E-state index in [2.05, 4.69) is 9.97 Å². The van der Waals surface area contributed by atoms with Gasteiger partial charge >= 0.3 is 0 Å². The topological polar surface area (TPSA) is 75.6 Å². The highest BCUT2D eigenvalue weighted by Crippen LogP contribution is 2.40. The van der Waals surface area contributed by atoms with E-state index in [1.807, 2.05) is 24.3 Å². The van der Waals surface area contributed by atoms with Crippen molar-refractivity contribution in [3.8, 4) is 17.5 Å². The molecule has 1 fully saturated rings. The molecule has 2 aromatic rings. The van der Waals surface area contributed by atoms with Gasteiger partial charge in [0.25, 0.3) is 0 Å². The number of nitriles is 1. The summed E-state index contributed by atoms with van der Waals surface area (Å²) < 4.78 is 0. The monoisotopic (exact) mass is 236 g/mol. The highest BCUT2D eigenvalue weighted by molar-refractivity contribution is 5.61. The molecule has 1 saturated carbocycles. The second-order valence-corrected chi connectivity index (χ2v) is 4.50. The smallest absolute Gasteiger partial charge is 0.141 e. The number of nitrogen functional groups attached to an aromatic ring is 1. The molecule has 0 aliphatic heterocycles. The number of anilines is 1. The molecule has 18 heavy (non-hydrogen) atoms. The van der Waals surface area contributed by atoms with Gasteiger partial charge in [-0.2, -0.15) is 5.26 Å². The predicted molar refractivity (Wildman–Crippen MR) is 68.6 cm³/mol. The number of pyridine rings is 2. The Morgan fingerprint density at radius 1 is 1.17 bits per heavy atom. The van der Waals surface area contributed by atoms with E-state index < -0.39 is 0 Å². The predicted octanol–water partition coefficient (Wildman–Crippen LogP) is 2.47. The van der Waals surface area contributed by atoms with Crippen LogP contribution in [-0.2, 0) is 0 Å². The summed E-state index contributed by atoms with van der Waals surface area (Å²) in [6, 6.07) is 11.1. The van der Waals surface area contributed by atoms with E-state index in [4.69, 9.17) is 11.0 Å². The minimum absolute atomic E-state index is 0.393. The van der Waals surface area contributed by atoms with E-state index in [1.54, 1.807) is 12.1 Å². The molecule has 2 N–H and O–H groups in total. The summed E-state index contributed by atoms with van der Waals surface area (Å²) in [7, 11) is 0. The van der Waals surface area contributed by atoms with Gasteiger partial charge in [0.05, 0.1) is 11.4 Å². The lowest BCUT2D eigenvalue weighted by atomic mass is 10.1. The van der Waals surface area contributed by atoms with Crippen LogP contribution < -0.4 is 5.73 Å². The molecular weight excluding hydrogens is 224 g/mol. The molecule has 0 amide bonds. The Bertz CT molecular complexity index is 638. The zero-order chi connectivity index (χ0) is 12.5. The van der Waals surface area contributed by atoms with Gasteiger partial charge in [-0.25, -0.2) is 4.98 Å². The first-order chi connectivity index (χ1) is 8.76. The van der Waals surface area contributed by atoms with E-state index in [-0.39, 0.29) is 0 Å². The fraction of sp³-hybridized carbons (Fsp3) is 0.214. The minimum Gasteiger partial charge on any atom is -0.399 e. The van der Waals surface area contributed by atoms with Crippen molar-refractivity contribution >= 4 is 5.69 Å². The van der Waals surface area contributed by atoms with Gasteiger partial charge in [0.1, 0.15) is 11.8 Å². The van der Waals surface area contributed by atoms with Crippen LogP contribution in [0.4, 0.5) is 5.69 Å². The largest absolute Gasteiger partial charge is 0.399 e. The molecule has 3 rings (SSSR count). The second-order valence-electron chi connectivity index (χ2n) is 4.50. The average molecular weight is 236 g/mol. The number of nitrogens with zero attached hydrogens (tertiary/aromatic N) is 3. The minimum atomic E-state index is 0.393. The van der Waals surface area contributed by atoms with Crippen LogP contribution in [0.1, 0.15) is 30.1 Å². The fourth-order valence-electron chi connectivity index (χ4n) is 1.93. The molecule has 0 atom stereocenters. The van der Waals surface area contributed by atoms with Crippen LogP contribution in [-0.4, -0.2) is 9.97 Å². The van der Waals surface area contributed by atoms with E-state index >= 15 is 0 Å². The lowest BCUT2D eigenvalue weighted by Gasteiger charge is -2.05. The van der Waals surface area contributed by atoms with Crippen molar-refractivity contribution in [1.82, 2.24) is 9.97 Å². The van der Waals surface area contributed by atoms with Gasteiger partial charge in [0.15, 0.2) is 0 Å². The lowest BCUT2D eigenvalue weighted by Crippen LogP contribution is -1.97. The van der Waals surface area contributed by atoms with Crippen molar-refractivity contribution in [1.29, 1.82) is 5.26 Å². The summed E-state index contributed by atoms with van der Waals surface area (Å²) in [5.41, 5.74) is 9.47. The van der Waals surface area contributed by atoms with Gasteiger partial charge in [-0.3, -0.25) is 4.98 Å². The van der Waals surface area contributed by atoms with E-state index in [0.717, 1.165) is 11.4 Å². The van der Waals surface area contributed by atoms with E-state index in [0.29, 0.717) is 23.0 Å². The van der Waals surface area contributed by atoms with Crippen molar-refractivity contribution in [2.75, 3.05) is 5.73 Å². The molecule has 1 aliphatic rings.